The summed E-state index contributed by atoms with van der Waals surface area (Å²) in [7, 11) is 0. The van der Waals surface area contributed by atoms with Crippen LogP contribution in [-0.2, 0) is 14.3 Å². The molecule has 34 heavy (non-hydrogen) atoms. The van der Waals surface area contributed by atoms with E-state index in [1.54, 1.807) is 13.8 Å². The van der Waals surface area contributed by atoms with Crippen LogP contribution in [0, 0.1) is 5.92 Å². The van der Waals surface area contributed by atoms with E-state index in [2.05, 4.69) is 34.9 Å². The second-order valence-corrected chi connectivity index (χ2v) is 9.48. The first-order valence-corrected chi connectivity index (χ1v) is 12.0. The van der Waals surface area contributed by atoms with Crippen LogP contribution in [0.1, 0.15) is 63.0 Å². The number of amides is 2. The average molecular weight is 465 g/mol. The smallest absolute Gasteiger partial charge is 0.408 e. The summed E-state index contributed by atoms with van der Waals surface area (Å²) in [5, 5.41) is 14.9. The minimum Gasteiger partial charge on any atom is -0.481 e. The van der Waals surface area contributed by atoms with E-state index in [9.17, 15) is 19.5 Å². The summed E-state index contributed by atoms with van der Waals surface area (Å²) < 4.78 is 5.68. The van der Waals surface area contributed by atoms with E-state index in [1.807, 2.05) is 24.3 Å². The number of nitrogens with one attached hydrogen (secondary N) is 2. The van der Waals surface area contributed by atoms with Crippen LogP contribution in [0.15, 0.2) is 48.5 Å². The molecule has 2 aliphatic rings. The van der Waals surface area contributed by atoms with Crippen LogP contribution in [0.4, 0.5) is 4.79 Å². The molecule has 0 aliphatic heterocycles. The molecule has 2 unspecified atom stereocenters. The predicted molar refractivity (Wildman–Crippen MR) is 128 cm³/mol. The van der Waals surface area contributed by atoms with Crippen molar-refractivity contribution in [2.75, 3.05) is 6.61 Å². The number of carbonyl (C=O) groups is 3. The number of carboxylic acids is 1. The largest absolute Gasteiger partial charge is 0.481 e. The molecule has 0 radical (unpaired) electrons. The van der Waals surface area contributed by atoms with Crippen LogP contribution >= 0.6 is 0 Å². The molecule has 0 aromatic heterocycles. The van der Waals surface area contributed by atoms with Crippen LogP contribution in [0.25, 0.3) is 11.1 Å². The fourth-order valence-electron chi connectivity index (χ4n) is 5.08. The van der Waals surface area contributed by atoms with Crippen molar-refractivity contribution < 1.29 is 24.2 Å². The number of rotatable bonds is 7. The monoisotopic (exact) mass is 464 g/mol. The first-order chi connectivity index (χ1) is 16.3. The number of alkyl carbamates (subject to hydrolysis) is 1. The van der Waals surface area contributed by atoms with E-state index in [0.29, 0.717) is 12.8 Å². The summed E-state index contributed by atoms with van der Waals surface area (Å²) in [5.41, 5.74) is 3.46. The quantitative estimate of drug-likeness (QED) is 0.561. The number of fused-ring (bicyclic) bond motifs is 3. The second-order valence-electron chi connectivity index (χ2n) is 9.48. The Morgan fingerprint density at radius 3 is 2.09 bits per heavy atom. The molecule has 0 heterocycles. The van der Waals surface area contributed by atoms with Gasteiger partial charge in [-0.25, -0.2) is 4.79 Å². The van der Waals surface area contributed by atoms with Gasteiger partial charge in [0.25, 0.3) is 0 Å². The number of carboxylic acid groups (broad SMARTS) is 1. The molecule has 2 aromatic rings. The lowest BCUT2D eigenvalue weighted by molar-refractivity contribution is -0.142. The van der Waals surface area contributed by atoms with Gasteiger partial charge in [0.1, 0.15) is 12.1 Å². The van der Waals surface area contributed by atoms with Crippen molar-refractivity contribution in [3.05, 3.63) is 59.7 Å². The Labute approximate surface area is 199 Å². The van der Waals surface area contributed by atoms with Crippen molar-refractivity contribution >= 4 is 18.0 Å². The second kappa shape index (κ2) is 9.87. The maximum Gasteiger partial charge on any atom is 0.408 e. The van der Waals surface area contributed by atoms with Crippen LogP contribution in [0.3, 0.4) is 0 Å². The molecule has 1 fully saturated rings. The molecule has 1 saturated carbocycles. The van der Waals surface area contributed by atoms with Crippen molar-refractivity contribution in [3.8, 4) is 11.1 Å². The average Bonchev–Trinajstić information content (AvgIpc) is 3.16. The molecule has 4 rings (SSSR count). The van der Waals surface area contributed by atoms with Crippen molar-refractivity contribution in [1.82, 2.24) is 10.6 Å². The van der Waals surface area contributed by atoms with Gasteiger partial charge in [-0.05, 0) is 48.9 Å². The van der Waals surface area contributed by atoms with Gasteiger partial charge in [0.2, 0.25) is 5.91 Å². The zero-order valence-electron chi connectivity index (χ0n) is 19.7. The van der Waals surface area contributed by atoms with Crippen molar-refractivity contribution in [1.29, 1.82) is 0 Å². The summed E-state index contributed by atoms with van der Waals surface area (Å²) in [6, 6.07) is 15.7. The molecular formula is C27H32N2O5. The van der Waals surface area contributed by atoms with E-state index < -0.39 is 29.6 Å². The predicted octanol–water partition coefficient (Wildman–Crippen LogP) is 4.45. The molecule has 7 nitrogen and oxygen atoms in total. The van der Waals surface area contributed by atoms with E-state index >= 15 is 0 Å². The maximum atomic E-state index is 13.2. The van der Waals surface area contributed by atoms with Gasteiger partial charge >= 0.3 is 12.1 Å². The fourth-order valence-corrected chi connectivity index (χ4v) is 5.08. The number of benzene rings is 2. The van der Waals surface area contributed by atoms with Gasteiger partial charge in [0, 0.05) is 12.0 Å². The first-order valence-electron chi connectivity index (χ1n) is 12.0. The highest BCUT2D eigenvalue weighted by atomic mass is 16.5. The van der Waals surface area contributed by atoms with E-state index in [4.69, 9.17) is 4.74 Å². The lowest BCUT2D eigenvalue weighted by atomic mass is 9.80. The molecule has 7 heteroatoms. The molecule has 2 aromatic carbocycles. The normalized spacial score (nSPS) is 18.2. The fraction of sp³-hybridized carbons (Fsp3) is 0.444. The SMILES string of the molecule is CC(NC(=O)C1(NC(=O)OCC2c3ccccc3-c3ccccc32)CCCCC1)C(C)C(=O)O. The Morgan fingerprint density at radius 2 is 1.53 bits per heavy atom. The summed E-state index contributed by atoms with van der Waals surface area (Å²) in [6.45, 7) is 3.39. The Morgan fingerprint density at radius 1 is 0.971 bits per heavy atom. The molecule has 0 saturated heterocycles. The van der Waals surface area contributed by atoms with Gasteiger partial charge in [-0.1, -0.05) is 67.8 Å². The van der Waals surface area contributed by atoms with Gasteiger partial charge < -0.3 is 20.5 Å². The minimum absolute atomic E-state index is 0.0641. The number of hydrogen-bond donors (Lipinski definition) is 3. The lowest BCUT2D eigenvalue weighted by Gasteiger charge is -2.37. The summed E-state index contributed by atoms with van der Waals surface area (Å²) in [6.07, 6.45) is 2.97. The molecule has 180 valence electrons. The molecule has 2 amide bonds. The van der Waals surface area contributed by atoms with Gasteiger partial charge in [-0.15, -0.1) is 0 Å². The molecule has 0 spiro atoms. The Kier molecular flexibility index (Phi) is 6.91. The maximum absolute atomic E-state index is 13.2. The minimum atomic E-state index is -1.09. The molecule has 2 atom stereocenters. The van der Waals surface area contributed by atoms with E-state index in [-0.39, 0.29) is 18.4 Å². The molecule has 0 bridgehead atoms. The Bertz CT molecular complexity index is 1030. The highest BCUT2D eigenvalue weighted by molar-refractivity contribution is 5.90. The van der Waals surface area contributed by atoms with Crippen molar-refractivity contribution in [3.63, 3.8) is 0 Å². The van der Waals surface area contributed by atoms with E-state index in [1.165, 1.54) is 0 Å². The summed E-state index contributed by atoms with van der Waals surface area (Å²) >= 11 is 0. The van der Waals surface area contributed by atoms with Gasteiger partial charge in [-0.3, -0.25) is 9.59 Å². The molecular weight excluding hydrogens is 432 g/mol. The third kappa shape index (κ3) is 4.65. The Hall–Kier alpha value is -3.35. The van der Waals surface area contributed by atoms with Crippen LogP contribution in [0.2, 0.25) is 0 Å². The lowest BCUT2D eigenvalue weighted by Crippen LogP contribution is -2.61. The summed E-state index contributed by atoms with van der Waals surface area (Å²) in [4.78, 5) is 37.4. The third-order valence-corrected chi connectivity index (χ3v) is 7.33. The van der Waals surface area contributed by atoms with Crippen molar-refractivity contribution in [2.45, 2.75) is 63.5 Å². The van der Waals surface area contributed by atoms with Crippen LogP contribution < -0.4 is 10.6 Å². The zero-order chi connectivity index (χ0) is 24.3. The number of aliphatic carboxylic acids is 1. The van der Waals surface area contributed by atoms with Gasteiger partial charge in [0.15, 0.2) is 0 Å². The van der Waals surface area contributed by atoms with Crippen molar-refractivity contribution in [2.24, 2.45) is 5.92 Å². The number of hydrogen-bond acceptors (Lipinski definition) is 4. The number of ether oxygens (including phenoxy) is 1. The third-order valence-electron chi connectivity index (χ3n) is 7.33. The number of carbonyl (C=O) groups excluding carboxylic acids is 2. The van der Waals surface area contributed by atoms with Gasteiger partial charge in [0.05, 0.1) is 5.92 Å². The molecule has 3 N–H and O–H groups in total. The Balaban J connectivity index is 1.45. The first kappa shape index (κ1) is 23.8. The zero-order valence-corrected chi connectivity index (χ0v) is 19.7. The van der Waals surface area contributed by atoms with Crippen LogP contribution in [0.5, 0.6) is 0 Å². The molecule has 2 aliphatic carbocycles. The van der Waals surface area contributed by atoms with E-state index in [0.717, 1.165) is 41.5 Å². The highest BCUT2D eigenvalue weighted by Gasteiger charge is 2.42. The summed E-state index contributed by atoms with van der Waals surface area (Å²) in [5.74, 6) is -2.12. The van der Waals surface area contributed by atoms with Gasteiger partial charge in [-0.2, -0.15) is 0 Å². The topological polar surface area (TPSA) is 105 Å². The standard InChI is InChI=1S/C27H32N2O5/c1-17(24(30)31)18(2)28-25(32)27(14-8-3-9-15-27)29-26(33)34-16-23-21-12-6-4-10-19(21)20-11-5-7-13-22(20)23/h4-7,10-13,17-18,23H,3,8-9,14-16H2,1-2H3,(H,28,32)(H,29,33)(H,30,31). The highest BCUT2D eigenvalue weighted by Crippen LogP contribution is 2.44. The van der Waals surface area contributed by atoms with Crippen LogP contribution in [-0.4, -0.2) is 41.3 Å².